The fraction of sp³-hybridized carbons (Fsp3) is 0.400. The van der Waals surface area contributed by atoms with Gasteiger partial charge in [-0.2, -0.15) is 0 Å². The number of hydrogen-bond donors (Lipinski definition) is 0. The summed E-state index contributed by atoms with van der Waals surface area (Å²) in [5.74, 6) is 1.32. The minimum absolute atomic E-state index is 0. The second-order valence-corrected chi connectivity index (χ2v) is 4.53. The average molecular weight is 310 g/mol. The first kappa shape index (κ1) is 15.0. The lowest BCUT2D eigenvalue weighted by Gasteiger charge is -2.10. The van der Waals surface area contributed by atoms with Crippen molar-refractivity contribution in [3.05, 3.63) is 54.1 Å². The summed E-state index contributed by atoms with van der Waals surface area (Å²) in [6.07, 6.45) is 5.54. The number of hydrogen-bond acceptors (Lipinski definition) is 0. The van der Waals surface area contributed by atoms with Crippen LogP contribution in [-0.2, 0) is 6.54 Å². The Morgan fingerprint density at radius 2 is 1.89 bits per heavy atom. The van der Waals surface area contributed by atoms with Crippen molar-refractivity contribution in [1.29, 1.82) is 0 Å². The molecule has 2 aromatic rings. The first-order valence-electron chi connectivity index (χ1n) is 6.36. The predicted octanol–water partition coefficient (Wildman–Crippen LogP) is 3.68. The second kappa shape index (κ2) is 6.74. The zero-order chi connectivity index (χ0) is 12.3. The Morgan fingerprint density at radius 1 is 1.22 bits per heavy atom. The SMILES string of the molecule is Br.CCC[n+]1ccn([C@@H](C)c2ccccc2)c1C. The number of benzene rings is 1. The molecular formula is C15H22BrN2+. The highest BCUT2D eigenvalue weighted by molar-refractivity contribution is 8.93. The van der Waals surface area contributed by atoms with Gasteiger partial charge in [-0.1, -0.05) is 37.3 Å². The minimum atomic E-state index is 0. The summed E-state index contributed by atoms with van der Waals surface area (Å²) in [7, 11) is 0. The smallest absolute Gasteiger partial charge is 0.234 e. The van der Waals surface area contributed by atoms with E-state index < -0.39 is 0 Å². The Balaban J connectivity index is 0.00000162. The number of nitrogens with zero attached hydrogens (tertiary/aromatic N) is 2. The summed E-state index contributed by atoms with van der Waals surface area (Å²) < 4.78 is 4.66. The van der Waals surface area contributed by atoms with Crippen molar-refractivity contribution in [2.45, 2.75) is 39.8 Å². The third-order valence-electron chi connectivity index (χ3n) is 3.36. The van der Waals surface area contributed by atoms with Gasteiger partial charge in [0.15, 0.2) is 0 Å². The van der Waals surface area contributed by atoms with Crippen LogP contribution in [0.1, 0.15) is 37.7 Å². The summed E-state index contributed by atoms with van der Waals surface area (Å²) in [5, 5.41) is 0. The van der Waals surface area contributed by atoms with E-state index in [1.807, 2.05) is 0 Å². The van der Waals surface area contributed by atoms with Gasteiger partial charge in [0.25, 0.3) is 5.82 Å². The molecule has 0 spiro atoms. The van der Waals surface area contributed by atoms with Gasteiger partial charge in [-0.3, -0.25) is 0 Å². The van der Waals surface area contributed by atoms with E-state index in [1.54, 1.807) is 0 Å². The third-order valence-corrected chi connectivity index (χ3v) is 3.36. The number of rotatable bonds is 4. The molecule has 0 amide bonds. The molecule has 2 nitrogen and oxygen atoms in total. The molecule has 0 fully saturated rings. The van der Waals surface area contributed by atoms with Gasteiger partial charge < -0.3 is 0 Å². The molecule has 0 unspecified atom stereocenters. The first-order valence-corrected chi connectivity index (χ1v) is 6.36. The van der Waals surface area contributed by atoms with E-state index in [4.69, 9.17) is 0 Å². The Bertz CT molecular complexity index is 476. The maximum absolute atomic E-state index is 2.34. The highest BCUT2D eigenvalue weighted by Gasteiger charge is 2.18. The van der Waals surface area contributed by atoms with Crippen molar-refractivity contribution in [1.82, 2.24) is 4.57 Å². The first-order chi connectivity index (χ1) is 8.24. The molecule has 0 aliphatic heterocycles. The van der Waals surface area contributed by atoms with Crippen LogP contribution in [0.3, 0.4) is 0 Å². The molecule has 0 saturated carbocycles. The van der Waals surface area contributed by atoms with E-state index in [0.29, 0.717) is 6.04 Å². The van der Waals surface area contributed by atoms with Crippen molar-refractivity contribution >= 4 is 17.0 Å². The fourth-order valence-electron chi connectivity index (χ4n) is 2.30. The predicted molar refractivity (Wildman–Crippen MR) is 80.2 cm³/mol. The Morgan fingerprint density at radius 3 is 2.50 bits per heavy atom. The maximum Gasteiger partial charge on any atom is 0.253 e. The van der Waals surface area contributed by atoms with Crippen LogP contribution in [0.2, 0.25) is 0 Å². The van der Waals surface area contributed by atoms with Crippen LogP contribution in [0.5, 0.6) is 0 Å². The standard InChI is InChI=1S/C15H21N2.BrH/c1-4-10-16-11-12-17(14(16)3)13(2)15-8-6-5-7-9-15;/h5-9,11-13H,4,10H2,1-3H3;1H/q+1;/t13-;/m0./s1. The molecule has 98 valence electrons. The van der Waals surface area contributed by atoms with Gasteiger partial charge >= 0.3 is 0 Å². The molecule has 0 N–H and O–H groups in total. The second-order valence-electron chi connectivity index (χ2n) is 4.53. The molecule has 0 aliphatic carbocycles. The van der Waals surface area contributed by atoms with E-state index in [9.17, 15) is 0 Å². The molecule has 2 rings (SSSR count). The van der Waals surface area contributed by atoms with Crippen molar-refractivity contribution in [3.8, 4) is 0 Å². The van der Waals surface area contributed by atoms with Crippen molar-refractivity contribution in [2.24, 2.45) is 0 Å². The number of aromatic nitrogens is 2. The quantitative estimate of drug-likeness (QED) is 0.762. The molecular weight excluding hydrogens is 288 g/mol. The molecule has 18 heavy (non-hydrogen) atoms. The summed E-state index contributed by atoms with van der Waals surface area (Å²) in [5.41, 5.74) is 1.36. The summed E-state index contributed by atoms with van der Waals surface area (Å²) in [4.78, 5) is 0. The van der Waals surface area contributed by atoms with Crippen molar-refractivity contribution < 1.29 is 4.57 Å². The van der Waals surface area contributed by atoms with Crippen LogP contribution in [0, 0.1) is 6.92 Å². The van der Waals surface area contributed by atoms with Gasteiger partial charge in [-0.05, 0) is 18.9 Å². The largest absolute Gasteiger partial charge is 0.253 e. The maximum atomic E-state index is 2.34. The lowest BCUT2D eigenvalue weighted by Crippen LogP contribution is -2.35. The molecule has 1 heterocycles. The van der Waals surface area contributed by atoms with E-state index >= 15 is 0 Å². The molecule has 0 aliphatic rings. The van der Waals surface area contributed by atoms with E-state index in [2.05, 4.69) is 72.6 Å². The van der Waals surface area contributed by atoms with Gasteiger partial charge in [-0.15, -0.1) is 17.0 Å². The monoisotopic (exact) mass is 309 g/mol. The molecule has 3 heteroatoms. The number of halogens is 1. The molecule has 0 bridgehead atoms. The van der Waals surface area contributed by atoms with Gasteiger partial charge in [-0.25, -0.2) is 9.13 Å². The van der Waals surface area contributed by atoms with Gasteiger partial charge in [0.05, 0.1) is 6.54 Å². The number of imidazole rings is 1. The van der Waals surface area contributed by atoms with Crippen LogP contribution in [0.25, 0.3) is 0 Å². The Kier molecular flexibility index (Phi) is 5.60. The highest BCUT2D eigenvalue weighted by atomic mass is 79.9. The topological polar surface area (TPSA) is 8.81 Å². The van der Waals surface area contributed by atoms with Crippen molar-refractivity contribution in [3.63, 3.8) is 0 Å². The van der Waals surface area contributed by atoms with Crippen LogP contribution in [-0.4, -0.2) is 4.57 Å². The van der Waals surface area contributed by atoms with E-state index in [-0.39, 0.29) is 17.0 Å². The summed E-state index contributed by atoms with van der Waals surface area (Å²) >= 11 is 0. The van der Waals surface area contributed by atoms with Gasteiger partial charge in [0.1, 0.15) is 18.4 Å². The summed E-state index contributed by atoms with van der Waals surface area (Å²) in [6.45, 7) is 7.75. The fourth-order valence-corrected chi connectivity index (χ4v) is 2.30. The Labute approximate surface area is 120 Å². The normalized spacial score (nSPS) is 11.9. The van der Waals surface area contributed by atoms with Crippen LogP contribution < -0.4 is 4.57 Å². The molecule has 1 aromatic carbocycles. The van der Waals surface area contributed by atoms with E-state index in [0.717, 1.165) is 6.54 Å². The minimum Gasteiger partial charge on any atom is -0.234 e. The molecule has 0 saturated heterocycles. The molecule has 1 aromatic heterocycles. The lowest BCUT2D eigenvalue weighted by molar-refractivity contribution is -0.702. The third kappa shape index (κ3) is 3.02. The zero-order valence-electron chi connectivity index (χ0n) is 11.3. The average Bonchev–Trinajstić information content (AvgIpc) is 2.72. The lowest BCUT2D eigenvalue weighted by atomic mass is 10.1. The summed E-state index contributed by atoms with van der Waals surface area (Å²) in [6, 6.07) is 11.0. The van der Waals surface area contributed by atoms with Gasteiger partial charge in [0.2, 0.25) is 0 Å². The van der Waals surface area contributed by atoms with Crippen LogP contribution in [0.4, 0.5) is 0 Å². The van der Waals surface area contributed by atoms with Gasteiger partial charge in [0, 0.05) is 6.92 Å². The highest BCUT2D eigenvalue weighted by Crippen LogP contribution is 2.17. The zero-order valence-corrected chi connectivity index (χ0v) is 13.0. The Hall–Kier alpha value is -1.09. The van der Waals surface area contributed by atoms with Crippen LogP contribution >= 0.6 is 17.0 Å². The molecule has 0 radical (unpaired) electrons. The van der Waals surface area contributed by atoms with E-state index in [1.165, 1.54) is 17.8 Å². The molecule has 1 atom stereocenters. The van der Waals surface area contributed by atoms with Crippen LogP contribution in [0.15, 0.2) is 42.7 Å². The van der Waals surface area contributed by atoms with Crippen molar-refractivity contribution in [2.75, 3.05) is 0 Å². The number of aryl methyl sites for hydroxylation is 1.